The number of rotatable bonds is 4. The Bertz CT molecular complexity index is 768. The van der Waals surface area contributed by atoms with Crippen molar-refractivity contribution < 1.29 is 9.13 Å². The van der Waals surface area contributed by atoms with Crippen LogP contribution in [0, 0.1) is 5.82 Å². The van der Waals surface area contributed by atoms with E-state index >= 15 is 0 Å². The molecule has 0 radical (unpaired) electrons. The van der Waals surface area contributed by atoms with E-state index in [0.717, 1.165) is 5.56 Å². The molecular formula is C17H16FNOS. The van der Waals surface area contributed by atoms with Crippen molar-refractivity contribution in [1.82, 2.24) is 5.32 Å². The van der Waals surface area contributed by atoms with Crippen LogP contribution in [0.5, 0.6) is 5.75 Å². The van der Waals surface area contributed by atoms with Gasteiger partial charge in [0.05, 0.1) is 13.2 Å². The number of nitrogens with one attached hydrogen (secondary N) is 1. The van der Waals surface area contributed by atoms with Crippen LogP contribution >= 0.6 is 11.3 Å². The van der Waals surface area contributed by atoms with Gasteiger partial charge >= 0.3 is 0 Å². The third kappa shape index (κ3) is 2.52. The molecule has 0 saturated carbocycles. The zero-order chi connectivity index (χ0) is 14.8. The highest BCUT2D eigenvalue weighted by Gasteiger charge is 2.17. The minimum atomic E-state index is -0.342. The Balaban J connectivity index is 2.12. The molecule has 3 aromatic rings. The molecule has 2 nitrogen and oxygen atoms in total. The predicted molar refractivity (Wildman–Crippen MR) is 85.7 cm³/mol. The standard InChI is InChI=1S/C17H16FNOS/c1-19-16(12-6-7-14(18)15(10-12)20-2)13-5-3-4-11-8-9-21-17(11)13/h3-10,16,19H,1-2H3. The van der Waals surface area contributed by atoms with Crippen molar-refractivity contribution in [2.45, 2.75) is 6.04 Å². The molecule has 0 amide bonds. The van der Waals surface area contributed by atoms with Gasteiger partial charge in [0.1, 0.15) is 0 Å². The van der Waals surface area contributed by atoms with Crippen molar-refractivity contribution >= 4 is 21.4 Å². The van der Waals surface area contributed by atoms with E-state index in [1.807, 2.05) is 7.05 Å². The summed E-state index contributed by atoms with van der Waals surface area (Å²) in [5, 5.41) is 6.63. The molecule has 108 valence electrons. The monoisotopic (exact) mass is 301 g/mol. The van der Waals surface area contributed by atoms with Crippen LogP contribution in [-0.4, -0.2) is 14.2 Å². The molecule has 1 N–H and O–H groups in total. The molecule has 0 spiro atoms. The first-order valence-electron chi connectivity index (χ1n) is 6.71. The average Bonchev–Trinajstić information content (AvgIpc) is 2.99. The summed E-state index contributed by atoms with van der Waals surface area (Å²) in [4.78, 5) is 0. The number of hydrogen-bond acceptors (Lipinski definition) is 3. The first-order chi connectivity index (χ1) is 10.2. The summed E-state index contributed by atoms with van der Waals surface area (Å²) in [6.45, 7) is 0. The number of thiophene rings is 1. The smallest absolute Gasteiger partial charge is 0.165 e. The Labute approximate surface area is 127 Å². The molecule has 3 rings (SSSR count). The van der Waals surface area contributed by atoms with Gasteiger partial charge in [0.15, 0.2) is 11.6 Å². The lowest BCUT2D eigenvalue weighted by Crippen LogP contribution is -2.17. The molecule has 4 heteroatoms. The quantitative estimate of drug-likeness (QED) is 0.773. The molecule has 0 bridgehead atoms. The molecule has 1 atom stereocenters. The largest absolute Gasteiger partial charge is 0.494 e. The highest BCUT2D eigenvalue weighted by molar-refractivity contribution is 7.17. The number of fused-ring (bicyclic) bond motifs is 1. The predicted octanol–water partition coefficient (Wildman–Crippen LogP) is 4.36. The van der Waals surface area contributed by atoms with Crippen molar-refractivity contribution in [3.05, 3.63) is 64.8 Å². The third-order valence-corrected chi connectivity index (χ3v) is 4.60. The number of methoxy groups -OCH3 is 1. The van der Waals surface area contributed by atoms with Gasteiger partial charge in [0.2, 0.25) is 0 Å². The first-order valence-corrected chi connectivity index (χ1v) is 7.59. The summed E-state index contributed by atoms with van der Waals surface area (Å²) < 4.78 is 19.9. The topological polar surface area (TPSA) is 21.3 Å². The molecule has 1 heterocycles. The molecule has 0 aliphatic carbocycles. The summed E-state index contributed by atoms with van der Waals surface area (Å²) in [5.74, 6) is -0.0726. The van der Waals surface area contributed by atoms with E-state index in [-0.39, 0.29) is 17.6 Å². The fourth-order valence-corrected chi connectivity index (χ4v) is 3.55. The van der Waals surface area contributed by atoms with E-state index in [1.165, 1.54) is 28.8 Å². The Morgan fingerprint density at radius 1 is 1.19 bits per heavy atom. The fraction of sp³-hybridized carbons (Fsp3) is 0.176. The highest BCUT2D eigenvalue weighted by atomic mass is 32.1. The molecule has 0 aliphatic rings. The van der Waals surface area contributed by atoms with Crippen LogP contribution in [0.3, 0.4) is 0 Å². The second-order valence-corrected chi connectivity index (χ2v) is 5.72. The van der Waals surface area contributed by atoms with Gasteiger partial charge in [-0.3, -0.25) is 0 Å². The Kier molecular flexibility index (Phi) is 3.90. The molecule has 0 aliphatic heterocycles. The number of hydrogen-bond donors (Lipinski definition) is 1. The lowest BCUT2D eigenvalue weighted by atomic mass is 9.97. The third-order valence-electron chi connectivity index (χ3n) is 3.62. The summed E-state index contributed by atoms with van der Waals surface area (Å²) in [6.07, 6.45) is 0. The SMILES string of the molecule is CNC(c1ccc(F)c(OC)c1)c1cccc2ccsc12. The van der Waals surface area contributed by atoms with Crippen LogP contribution in [-0.2, 0) is 0 Å². The first kappa shape index (κ1) is 14.0. The van der Waals surface area contributed by atoms with E-state index in [2.05, 4.69) is 35.0 Å². The van der Waals surface area contributed by atoms with Crippen LogP contribution in [0.4, 0.5) is 4.39 Å². The summed E-state index contributed by atoms with van der Waals surface area (Å²) in [7, 11) is 3.39. The van der Waals surface area contributed by atoms with Crippen LogP contribution in [0.1, 0.15) is 17.2 Å². The van der Waals surface area contributed by atoms with E-state index in [9.17, 15) is 4.39 Å². The fourth-order valence-electron chi connectivity index (χ4n) is 2.60. The van der Waals surface area contributed by atoms with Crippen molar-refractivity contribution in [3.63, 3.8) is 0 Å². The van der Waals surface area contributed by atoms with E-state index in [0.29, 0.717) is 0 Å². The maximum absolute atomic E-state index is 13.6. The van der Waals surface area contributed by atoms with Crippen molar-refractivity contribution in [2.24, 2.45) is 0 Å². The van der Waals surface area contributed by atoms with Gasteiger partial charge in [0.25, 0.3) is 0 Å². The Hall–Kier alpha value is -1.91. The van der Waals surface area contributed by atoms with Crippen LogP contribution in [0.25, 0.3) is 10.1 Å². The van der Waals surface area contributed by atoms with Gasteiger partial charge in [-0.05, 0) is 47.1 Å². The lowest BCUT2D eigenvalue weighted by molar-refractivity contribution is 0.385. The Morgan fingerprint density at radius 3 is 2.81 bits per heavy atom. The maximum Gasteiger partial charge on any atom is 0.165 e. The second-order valence-electron chi connectivity index (χ2n) is 4.80. The summed E-state index contributed by atoms with van der Waals surface area (Å²) >= 11 is 1.72. The molecule has 1 aromatic heterocycles. The zero-order valence-electron chi connectivity index (χ0n) is 11.9. The average molecular weight is 301 g/mol. The molecular weight excluding hydrogens is 285 g/mol. The van der Waals surface area contributed by atoms with Crippen LogP contribution in [0.2, 0.25) is 0 Å². The van der Waals surface area contributed by atoms with Gasteiger partial charge in [0, 0.05) is 4.70 Å². The normalized spacial score (nSPS) is 12.5. The molecule has 1 unspecified atom stereocenters. The Morgan fingerprint density at radius 2 is 2.05 bits per heavy atom. The molecule has 2 aromatic carbocycles. The minimum absolute atomic E-state index is 0.00171. The second kappa shape index (κ2) is 5.84. The van der Waals surface area contributed by atoms with Gasteiger partial charge < -0.3 is 10.1 Å². The molecule has 0 fully saturated rings. The number of halogens is 1. The summed E-state index contributed by atoms with van der Waals surface area (Å²) in [5.41, 5.74) is 2.18. The molecule has 0 saturated heterocycles. The van der Waals surface area contributed by atoms with Crippen LogP contribution in [0.15, 0.2) is 47.8 Å². The van der Waals surface area contributed by atoms with Gasteiger partial charge in [-0.1, -0.05) is 24.3 Å². The molecule has 21 heavy (non-hydrogen) atoms. The summed E-state index contributed by atoms with van der Waals surface area (Å²) in [6, 6.07) is 13.4. The van der Waals surface area contributed by atoms with Crippen molar-refractivity contribution in [1.29, 1.82) is 0 Å². The maximum atomic E-state index is 13.6. The number of benzene rings is 2. The van der Waals surface area contributed by atoms with E-state index < -0.39 is 0 Å². The van der Waals surface area contributed by atoms with Crippen molar-refractivity contribution in [3.8, 4) is 5.75 Å². The van der Waals surface area contributed by atoms with Gasteiger partial charge in [-0.2, -0.15) is 0 Å². The minimum Gasteiger partial charge on any atom is -0.494 e. The van der Waals surface area contributed by atoms with Crippen LogP contribution < -0.4 is 10.1 Å². The number of ether oxygens (including phenoxy) is 1. The zero-order valence-corrected chi connectivity index (χ0v) is 12.7. The lowest BCUT2D eigenvalue weighted by Gasteiger charge is -2.19. The van der Waals surface area contributed by atoms with E-state index in [1.54, 1.807) is 23.5 Å². The highest BCUT2D eigenvalue weighted by Crippen LogP contribution is 2.33. The van der Waals surface area contributed by atoms with Crippen molar-refractivity contribution in [2.75, 3.05) is 14.2 Å². The van der Waals surface area contributed by atoms with Gasteiger partial charge in [-0.25, -0.2) is 4.39 Å². The van der Waals surface area contributed by atoms with Gasteiger partial charge in [-0.15, -0.1) is 11.3 Å². The van der Waals surface area contributed by atoms with E-state index in [4.69, 9.17) is 4.74 Å².